The number of carbonyl (C=O) groups excluding carboxylic acids is 1. The summed E-state index contributed by atoms with van der Waals surface area (Å²) in [7, 11) is 0. The summed E-state index contributed by atoms with van der Waals surface area (Å²) in [5.74, 6) is 1.08. The number of imidazole rings is 1. The van der Waals surface area contributed by atoms with E-state index in [1.807, 2.05) is 32.0 Å². The number of carboxylic acids is 1. The van der Waals surface area contributed by atoms with Crippen LogP contribution >= 0.6 is 0 Å². The Bertz CT molecular complexity index is 1120. The highest BCUT2D eigenvalue weighted by atomic mass is 16.4. The molecule has 0 unspecified atom stereocenters. The summed E-state index contributed by atoms with van der Waals surface area (Å²) in [5.41, 5.74) is 2.17. The lowest BCUT2D eigenvalue weighted by Gasteiger charge is -2.31. The smallest absolute Gasteiger partial charge is 0.326 e. The Morgan fingerprint density at radius 1 is 1.24 bits per heavy atom. The molecule has 0 bridgehead atoms. The summed E-state index contributed by atoms with van der Waals surface area (Å²) in [6.07, 6.45) is 7.38. The van der Waals surface area contributed by atoms with Crippen LogP contribution in [0.15, 0.2) is 41.0 Å². The largest absolute Gasteiger partial charge is 0.480 e. The van der Waals surface area contributed by atoms with Crippen molar-refractivity contribution in [3.8, 4) is 0 Å². The van der Waals surface area contributed by atoms with Crippen LogP contribution in [0, 0.1) is 11.8 Å². The molecule has 3 aromatic rings. The van der Waals surface area contributed by atoms with Crippen LogP contribution in [-0.2, 0) is 11.2 Å². The number of carboxylic acid groups (broad SMARTS) is 1. The molecule has 2 N–H and O–H groups in total. The van der Waals surface area contributed by atoms with Crippen LogP contribution in [0.4, 0.5) is 0 Å². The fraction of sp³-hybridized carbons (Fsp3) is 0.500. The van der Waals surface area contributed by atoms with E-state index in [1.54, 1.807) is 18.4 Å². The normalized spacial score (nSPS) is 19.6. The van der Waals surface area contributed by atoms with E-state index >= 15 is 0 Å². The molecule has 4 rings (SSSR count). The van der Waals surface area contributed by atoms with Crippen LogP contribution in [-0.4, -0.2) is 32.6 Å². The molecule has 0 saturated heterocycles. The molecule has 33 heavy (non-hydrogen) atoms. The lowest BCUT2D eigenvalue weighted by Crippen LogP contribution is -2.41. The van der Waals surface area contributed by atoms with Gasteiger partial charge in [-0.05, 0) is 61.4 Å². The highest BCUT2D eigenvalue weighted by Crippen LogP contribution is 2.37. The Balaban J connectivity index is 1.68. The average Bonchev–Trinajstić information content (AvgIpc) is 3.40. The number of amides is 1. The van der Waals surface area contributed by atoms with Gasteiger partial charge in [0, 0.05) is 11.6 Å². The standard InChI is InChI=1S/C26H33N3O4/c1-16(2)13-21(26(31)32)28-25(30)18-10-11-23-20(14-18)27-24(15-19-8-6-12-33-19)29(23)22-9-5-4-7-17(22)3/h6,8,10-12,14,16-17,21-22H,4-5,7,9,13,15H2,1-3H3,(H,28,30)(H,31,32)/t17-,21+,22-/m1/s1. The zero-order valence-corrected chi connectivity index (χ0v) is 19.6. The van der Waals surface area contributed by atoms with Gasteiger partial charge in [-0.2, -0.15) is 0 Å². The number of hydrogen-bond acceptors (Lipinski definition) is 4. The zero-order chi connectivity index (χ0) is 23.5. The molecule has 7 nitrogen and oxygen atoms in total. The van der Waals surface area contributed by atoms with Gasteiger partial charge in [-0.15, -0.1) is 0 Å². The first-order valence-electron chi connectivity index (χ1n) is 11.9. The van der Waals surface area contributed by atoms with E-state index in [0.29, 0.717) is 30.4 Å². The number of carbonyl (C=O) groups is 2. The SMILES string of the molecule is CC(C)C[C@H](NC(=O)c1ccc2c(c1)nc(Cc1ccco1)n2[C@@H]1CCCC[C@H]1C)C(=O)O. The molecule has 1 fully saturated rings. The van der Waals surface area contributed by atoms with Crippen LogP contribution in [0.25, 0.3) is 11.0 Å². The van der Waals surface area contributed by atoms with Gasteiger partial charge in [-0.3, -0.25) is 4.79 Å². The predicted molar refractivity (Wildman–Crippen MR) is 126 cm³/mol. The molecule has 0 radical (unpaired) electrons. The van der Waals surface area contributed by atoms with Gasteiger partial charge in [0.15, 0.2) is 0 Å². The van der Waals surface area contributed by atoms with Crippen molar-refractivity contribution in [1.82, 2.24) is 14.9 Å². The Hall–Kier alpha value is -3.09. The maximum Gasteiger partial charge on any atom is 0.326 e. The first-order chi connectivity index (χ1) is 15.8. The van der Waals surface area contributed by atoms with Crippen molar-refractivity contribution < 1.29 is 19.1 Å². The highest BCUT2D eigenvalue weighted by Gasteiger charge is 2.28. The van der Waals surface area contributed by atoms with E-state index < -0.39 is 17.9 Å². The second kappa shape index (κ2) is 9.81. The summed E-state index contributed by atoms with van der Waals surface area (Å²) in [6, 6.07) is 8.77. The van der Waals surface area contributed by atoms with E-state index in [-0.39, 0.29) is 5.92 Å². The number of furan rings is 1. The minimum Gasteiger partial charge on any atom is -0.480 e. The lowest BCUT2D eigenvalue weighted by atomic mass is 9.85. The zero-order valence-electron chi connectivity index (χ0n) is 19.6. The van der Waals surface area contributed by atoms with E-state index in [9.17, 15) is 14.7 Å². The van der Waals surface area contributed by atoms with Gasteiger partial charge < -0.3 is 19.4 Å². The van der Waals surface area contributed by atoms with Gasteiger partial charge in [0.25, 0.3) is 5.91 Å². The van der Waals surface area contributed by atoms with Crippen molar-refractivity contribution in [2.75, 3.05) is 0 Å². The molecule has 3 atom stereocenters. The van der Waals surface area contributed by atoms with Gasteiger partial charge in [-0.1, -0.05) is 33.6 Å². The van der Waals surface area contributed by atoms with Gasteiger partial charge in [0.1, 0.15) is 17.6 Å². The van der Waals surface area contributed by atoms with Gasteiger partial charge >= 0.3 is 5.97 Å². The number of nitrogens with zero attached hydrogens (tertiary/aromatic N) is 2. The quantitative estimate of drug-likeness (QED) is 0.491. The summed E-state index contributed by atoms with van der Waals surface area (Å²) in [6.45, 7) is 6.18. The molecule has 2 aromatic heterocycles. The molecule has 1 aliphatic carbocycles. The number of nitrogens with one attached hydrogen (secondary N) is 1. The Morgan fingerprint density at radius 3 is 2.70 bits per heavy atom. The van der Waals surface area contributed by atoms with Crippen LogP contribution in [0.5, 0.6) is 0 Å². The highest BCUT2D eigenvalue weighted by molar-refractivity contribution is 5.99. The maximum absolute atomic E-state index is 12.9. The van der Waals surface area contributed by atoms with E-state index in [2.05, 4.69) is 16.8 Å². The second-order valence-electron chi connectivity index (χ2n) is 9.68. The number of aromatic nitrogens is 2. The fourth-order valence-corrected chi connectivity index (χ4v) is 4.97. The third kappa shape index (κ3) is 5.13. The predicted octanol–water partition coefficient (Wildman–Crippen LogP) is 5.20. The van der Waals surface area contributed by atoms with Crippen molar-refractivity contribution in [1.29, 1.82) is 0 Å². The minimum atomic E-state index is -1.02. The minimum absolute atomic E-state index is 0.159. The first-order valence-corrected chi connectivity index (χ1v) is 11.9. The Labute approximate surface area is 194 Å². The molecular weight excluding hydrogens is 418 g/mol. The van der Waals surface area contributed by atoms with Crippen LogP contribution in [0.3, 0.4) is 0 Å². The molecule has 176 valence electrons. The third-order valence-electron chi connectivity index (χ3n) is 6.65. The molecule has 1 aromatic carbocycles. The molecular formula is C26H33N3O4. The lowest BCUT2D eigenvalue weighted by molar-refractivity contribution is -0.139. The third-order valence-corrected chi connectivity index (χ3v) is 6.65. The Morgan fingerprint density at radius 2 is 2.03 bits per heavy atom. The summed E-state index contributed by atoms with van der Waals surface area (Å²) in [4.78, 5) is 29.4. The van der Waals surface area contributed by atoms with Crippen molar-refractivity contribution in [3.63, 3.8) is 0 Å². The van der Waals surface area contributed by atoms with E-state index in [1.165, 1.54) is 19.3 Å². The monoisotopic (exact) mass is 451 g/mol. The molecule has 7 heteroatoms. The second-order valence-corrected chi connectivity index (χ2v) is 9.68. The van der Waals surface area contributed by atoms with Gasteiger partial charge in [0.2, 0.25) is 0 Å². The fourth-order valence-electron chi connectivity index (χ4n) is 4.97. The molecule has 2 heterocycles. The molecule has 0 aliphatic heterocycles. The summed E-state index contributed by atoms with van der Waals surface area (Å²) in [5, 5.41) is 12.2. The maximum atomic E-state index is 12.9. The summed E-state index contributed by atoms with van der Waals surface area (Å²) >= 11 is 0. The van der Waals surface area contributed by atoms with Crippen LogP contribution < -0.4 is 5.32 Å². The Kier molecular flexibility index (Phi) is 6.86. The molecule has 1 aliphatic rings. The van der Waals surface area contributed by atoms with E-state index in [0.717, 1.165) is 29.0 Å². The van der Waals surface area contributed by atoms with Gasteiger partial charge in [0.05, 0.1) is 23.7 Å². The average molecular weight is 452 g/mol. The van der Waals surface area contributed by atoms with Crippen LogP contribution in [0.1, 0.15) is 80.9 Å². The number of fused-ring (bicyclic) bond motifs is 1. The molecule has 0 spiro atoms. The van der Waals surface area contributed by atoms with Crippen molar-refractivity contribution in [2.45, 2.75) is 71.4 Å². The summed E-state index contributed by atoms with van der Waals surface area (Å²) < 4.78 is 7.92. The van der Waals surface area contributed by atoms with E-state index in [4.69, 9.17) is 9.40 Å². The number of aliphatic carboxylic acids is 1. The van der Waals surface area contributed by atoms with Crippen molar-refractivity contribution >= 4 is 22.9 Å². The van der Waals surface area contributed by atoms with Gasteiger partial charge in [-0.25, -0.2) is 9.78 Å². The topological polar surface area (TPSA) is 97.4 Å². The van der Waals surface area contributed by atoms with Crippen molar-refractivity contribution in [3.05, 3.63) is 53.7 Å². The van der Waals surface area contributed by atoms with Crippen LogP contribution in [0.2, 0.25) is 0 Å². The molecule has 1 saturated carbocycles. The first kappa shape index (κ1) is 23.1. The number of hydrogen-bond donors (Lipinski definition) is 2. The molecule has 1 amide bonds. The van der Waals surface area contributed by atoms with Crippen molar-refractivity contribution in [2.24, 2.45) is 11.8 Å². The number of rotatable bonds is 8. The number of benzene rings is 1.